The summed E-state index contributed by atoms with van der Waals surface area (Å²) in [5.74, 6) is -0.539. The molecule has 0 aliphatic carbocycles. The highest BCUT2D eigenvalue weighted by molar-refractivity contribution is 5.90. The summed E-state index contributed by atoms with van der Waals surface area (Å²) in [6, 6.07) is 1.17. The molecule has 2 aromatic heterocycles. The number of fused-ring (bicyclic) bond motifs is 1. The van der Waals surface area contributed by atoms with Crippen LogP contribution >= 0.6 is 0 Å². The van der Waals surface area contributed by atoms with Crippen LogP contribution in [0.5, 0.6) is 0 Å². The van der Waals surface area contributed by atoms with E-state index in [1.807, 2.05) is 20.9 Å². The van der Waals surface area contributed by atoms with Crippen LogP contribution in [0.4, 0.5) is 5.69 Å². The molecule has 0 bridgehead atoms. The van der Waals surface area contributed by atoms with Crippen molar-refractivity contribution in [1.29, 1.82) is 0 Å². The number of carboxylic acid groups (broad SMARTS) is 1. The molecule has 6 nitrogen and oxygen atoms in total. The summed E-state index contributed by atoms with van der Waals surface area (Å²) >= 11 is 0. The first kappa shape index (κ1) is 13.3. The molecule has 0 saturated carbocycles. The fourth-order valence-electron chi connectivity index (χ4n) is 2.05. The molecule has 19 heavy (non-hydrogen) atoms. The average molecular weight is 262 g/mol. The summed E-state index contributed by atoms with van der Waals surface area (Å²) in [7, 11) is 1.81. The van der Waals surface area contributed by atoms with Gasteiger partial charge in [0, 0.05) is 18.9 Å². The number of pyridine rings is 1. The number of carboxylic acids is 1. The Balaban J connectivity index is 2.31. The molecule has 0 amide bonds. The van der Waals surface area contributed by atoms with Gasteiger partial charge in [-0.1, -0.05) is 13.8 Å². The van der Waals surface area contributed by atoms with Crippen LogP contribution in [0.2, 0.25) is 0 Å². The lowest BCUT2D eigenvalue weighted by Gasteiger charge is -2.18. The number of carbonyl (C=O) groups is 1. The number of nitrogens with zero attached hydrogens (tertiary/aromatic N) is 3. The van der Waals surface area contributed by atoms with Crippen molar-refractivity contribution in [3.63, 3.8) is 0 Å². The van der Waals surface area contributed by atoms with Crippen LogP contribution in [0, 0.1) is 5.92 Å². The van der Waals surface area contributed by atoms with Gasteiger partial charge in [-0.2, -0.15) is 5.10 Å². The third-order valence-corrected chi connectivity index (χ3v) is 2.97. The number of aryl methyl sites for hydroxylation is 1. The zero-order valence-electron chi connectivity index (χ0n) is 11.3. The minimum absolute atomic E-state index is 0.305. The van der Waals surface area contributed by atoms with Gasteiger partial charge >= 0.3 is 5.97 Å². The molecule has 2 rings (SSSR count). The summed E-state index contributed by atoms with van der Waals surface area (Å²) in [4.78, 5) is 15.5. The maximum Gasteiger partial charge on any atom is 0.326 e. The van der Waals surface area contributed by atoms with E-state index in [1.54, 1.807) is 23.1 Å². The fourth-order valence-corrected chi connectivity index (χ4v) is 2.05. The number of nitrogens with one attached hydrogen (secondary N) is 1. The van der Waals surface area contributed by atoms with Crippen molar-refractivity contribution in [1.82, 2.24) is 14.8 Å². The number of aromatic nitrogens is 3. The van der Waals surface area contributed by atoms with E-state index in [9.17, 15) is 9.90 Å². The van der Waals surface area contributed by atoms with Gasteiger partial charge in [-0.25, -0.2) is 9.78 Å². The maximum absolute atomic E-state index is 11.3. The molecule has 0 aliphatic rings. The van der Waals surface area contributed by atoms with Crippen molar-refractivity contribution in [2.75, 3.05) is 5.32 Å². The zero-order valence-corrected chi connectivity index (χ0v) is 11.3. The summed E-state index contributed by atoms with van der Waals surface area (Å²) in [5.41, 5.74) is 1.49. The predicted molar refractivity (Wildman–Crippen MR) is 73.0 cm³/mol. The minimum atomic E-state index is -0.845. The van der Waals surface area contributed by atoms with Gasteiger partial charge in [0.05, 0.1) is 11.6 Å². The van der Waals surface area contributed by atoms with E-state index in [1.165, 1.54) is 0 Å². The topological polar surface area (TPSA) is 80.0 Å². The Bertz CT molecular complexity index is 591. The number of rotatable bonds is 5. The molecule has 0 aromatic carbocycles. The second-order valence-electron chi connectivity index (χ2n) is 5.03. The average Bonchev–Trinajstić information content (AvgIpc) is 2.71. The SMILES string of the molecule is CC(C)CC(Nc1ccnc2c1cnn2C)C(=O)O. The number of aliphatic carboxylic acids is 1. The van der Waals surface area contributed by atoms with Crippen molar-refractivity contribution < 1.29 is 9.90 Å². The van der Waals surface area contributed by atoms with Gasteiger partial charge < -0.3 is 10.4 Å². The largest absolute Gasteiger partial charge is 0.480 e. The van der Waals surface area contributed by atoms with Gasteiger partial charge in [0.15, 0.2) is 5.65 Å². The Hall–Kier alpha value is -2.11. The lowest BCUT2D eigenvalue weighted by atomic mass is 10.0. The molecular formula is C13H18N4O2. The van der Waals surface area contributed by atoms with Crippen LogP contribution in [0.25, 0.3) is 11.0 Å². The smallest absolute Gasteiger partial charge is 0.326 e. The first-order chi connectivity index (χ1) is 8.99. The molecule has 6 heteroatoms. The monoisotopic (exact) mass is 262 g/mol. The van der Waals surface area contributed by atoms with Crippen molar-refractivity contribution in [3.05, 3.63) is 18.5 Å². The highest BCUT2D eigenvalue weighted by Gasteiger charge is 2.20. The van der Waals surface area contributed by atoms with E-state index in [4.69, 9.17) is 0 Å². The predicted octanol–water partition coefficient (Wildman–Crippen LogP) is 1.88. The van der Waals surface area contributed by atoms with Crippen LogP contribution in [0.3, 0.4) is 0 Å². The Morgan fingerprint density at radius 1 is 1.53 bits per heavy atom. The van der Waals surface area contributed by atoms with Crippen LogP contribution < -0.4 is 5.32 Å². The highest BCUT2D eigenvalue weighted by Crippen LogP contribution is 2.22. The Kier molecular flexibility index (Phi) is 3.69. The van der Waals surface area contributed by atoms with Gasteiger partial charge in [0.1, 0.15) is 6.04 Å². The molecule has 1 unspecified atom stereocenters. The minimum Gasteiger partial charge on any atom is -0.480 e. The van der Waals surface area contributed by atoms with Crippen molar-refractivity contribution in [3.8, 4) is 0 Å². The molecule has 2 heterocycles. The van der Waals surface area contributed by atoms with Crippen molar-refractivity contribution in [2.24, 2.45) is 13.0 Å². The van der Waals surface area contributed by atoms with Crippen molar-refractivity contribution >= 4 is 22.7 Å². The van der Waals surface area contributed by atoms with Gasteiger partial charge in [0.2, 0.25) is 0 Å². The van der Waals surface area contributed by atoms with E-state index in [0.717, 1.165) is 16.7 Å². The number of hydrogen-bond donors (Lipinski definition) is 2. The Morgan fingerprint density at radius 3 is 2.89 bits per heavy atom. The first-order valence-corrected chi connectivity index (χ1v) is 6.25. The number of hydrogen-bond acceptors (Lipinski definition) is 4. The molecule has 0 fully saturated rings. The molecule has 0 radical (unpaired) electrons. The van der Waals surface area contributed by atoms with Gasteiger partial charge in [-0.05, 0) is 18.4 Å². The molecule has 2 aromatic rings. The van der Waals surface area contributed by atoms with Crippen LogP contribution in [-0.2, 0) is 11.8 Å². The van der Waals surface area contributed by atoms with E-state index in [0.29, 0.717) is 12.3 Å². The quantitative estimate of drug-likeness (QED) is 0.860. The van der Waals surface area contributed by atoms with Gasteiger partial charge in [-0.3, -0.25) is 4.68 Å². The van der Waals surface area contributed by atoms with E-state index in [2.05, 4.69) is 15.4 Å². The van der Waals surface area contributed by atoms with Crippen molar-refractivity contribution in [2.45, 2.75) is 26.3 Å². The third-order valence-electron chi connectivity index (χ3n) is 2.97. The molecular weight excluding hydrogens is 244 g/mol. The second-order valence-corrected chi connectivity index (χ2v) is 5.03. The highest BCUT2D eigenvalue weighted by atomic mass is 16.4. The molecule has 0 saturated heterocycles. The zero-order chi connectivity index (χ0) is 14.0. The first-order valence-electron chi connectivity index (χ1n) is 6.25. The summed E-state index contributed by atoms with van der Waals surface area (Å²) in [6.45, 7) is 4.01. The molecule has 0 spiro atoms. The summed E-state index contributed by atoms with van der Waals surface area (Å²) in [6.07, 6.45) is 3.92. The van der Waals surface area contributed by atoms with Crippen LogP contribution in [-0.4, -0.2) is 31.9 Å². The fraction of sp³-hybridized carbons (Fsp3) is 0.462. The number of anilines is 1. The van der Waals surface area contributed by atoms with E-state index >= 15 is 0 Å². The Labute approximate surface area is 111 Å². The van der Waals surface area contributed by atoms with Gasteiger partial charge in [0.25, 0.3) is 0 Å². The van der Waals surface area contributed by atoms with E-state index in [-0.39, 0.29) is 0 Å². The lowest BCUT2D eigenvalue weighted by Crippen LogP contribution is -2.30. The van der Waals surface area contributed by atoms with E-state index < -0.39 is 12.0 Å². The van der Waals surface area contributed by atoms with Gasteiger partial charge in [-0.15, -0.1) is 0 Å². The summed E-state index contributed by atoms with van der Waals surface area (Å²) < 4.78 is 1.67. The maximum atomic E-state index is 11.3. The summed E-state index contributed by atoms with van der Waals surface area (Å²) in [5, 5.41) is 17.3. The molecule has 2 N–H and O–H groups in total. The third kappa shape index (κ3) is 2.83. The molecule has 0 aliphatic heterocycles. The molecule has 1 atom stereocenters. The normalized spacial score (nSPS) is 12.8. The van der Waals surface area contributed by atoms with Crippen LogP contribution in [0.1, 0.15) is 20.3 Å². The lowest BCUT2D eigenvalue weighted by molar-refractivity contribution is -0.138. The van der Waals surface area contributed by atoms with Crippen LogP contribution in [0.15, 0.2) is 18.5 Å². The second kappa shape index (κ2) is 5.26. The molecule has 102 valence electrons. The Morgan fingerprint density at radius 2 is 2.26 bits per heavy atom. The standard InChI is InChI=1S/C13H18N4O2/c1-8(2)6-11(13(18)19)16-10-4-5-14-12-9(10)7-15-17(12)3/h4-5,7-8,11H,6H2,1-3H3,(H,14,16)(H,18,19).